The third-order valence-electron chi connectivity index (χ3n) is 1.98. The van der Waals surface area contributed by atoms with Crippen LogP contribution in [0.2, 0.25) is 0 Å². The van der Waals surface area contributed by atoms with Gasteiger partial charge in [0.1, 0.15) is 0 Å². The van der Waals surface area contributed by atoms with Crippen LogP contribution in [0.4, 0.5) is 0 Å². The van der Waals surface area contributed by atoms with Crippen molar-refractivity contribution >= 4 is 26.8 Å². The van der Waals surface area contributed by atoms with Gasteiger partial charge < -0.3 is 0 Å². The van der Waals surface area contributed by atoms with Gasteiger partial charge in [0, 0.05) is 8.41 Å². The van der Waals surface area contributed by atoms with E-state index in [0.717, 1.165) is 10.6 Å². The predicted molar refractivity (Wildman–Crippen MR) is 65.5 cm³/mol. The minimum atomic E-state index is -1.42. The van der Waals surface area contributed by atoms with E-state index >= 15 is 0 Å². The molecule has 2 rings (SSSR count). The molecule has 0 amide bonds. The Kier molecular flexibility index (Phi) is 4.26. The Bertz CT molecular complexity index is 386. The van der Waals surface area contributed by atoms with Crippen molar-refractivity contribution < 1.29 is 4.57 Å². The molecule has 0 saturated heterocycles. The molecule has 15 heavy (non-hydrogen) atoms. The molecule has 0 saturated carbocycles. The minimum absolute atomic E-state index is 0. The molecule has 0 bridgehead atoms. The van der Waals surface area contributed by atoms with E-state index in [1.54, 1.807) is 0 Å². The first kappa shape index (κ1) is 11.7. The molecule has 0 atom stereocenters. The Hall–Kier alpha value is -1.40. The second-order valence-corrected chi connectivity index (χ2v) is 4.59. The van der Waals surface area contributed by atoms with Gasteiger partial charge in [-0.1, -0.05) is 41.0 Å². The van der Waals surface area contributed by atoms with Crippen LogP contribution in [0.1, 0.15) is 0 Å². The van der Waals surface area contributed by atoms with E-state index in [1.165, 1.54) is 0 Å². The Morgan fingerprint density at radius 3 is 1.33 bits per heavy atom. The summed E-state index contributed by atoms with van der Waals surface area (Å²) in [5, 5.41) is 1.77. The van der Waals surface area contributed by atoms with E-state index in [4.69, 9.17) is 0 Å². The van der Waals surface area contributed by atoms with Crippen molar-refractivity contribution in [2.24, 2.45) is 0 Å². The monoisotopic (exact) mass is 212 g/mol. The molecule has 0 N–H and O–H groups in total. The van der Waals surface area contributed by atoms with E-state index in [0.29, 0.717) is 0 Å². The highest BCUT2D eigenvalue weighted by molar-refractivity contribution is 7.61. The molecular weight excluding hydrogens is 202 g/mol. The molecular formula is C12H10BOP+. The highest BCUT2D eigenvalue weighted by atomic mass is 31.1. The highest BCUT2D eigenvalue weighted by Gasteiger charge is 2.21. The van der Waals surface area contributed by atoms with Gasteiger partial charge in [0.15, 0.2) is 10.6 Å². The fourth-order valence-corrected chi connectivity index (χ4v) is 2.46. The van der Waals surface area contributed by atoms with Gasteiger partial charge in [0.2, 0.25) is 0 Å². The molecule has 3 radical (unpaired) electrons. The lowest BCUT2D eigenvalue weighted by Crippen LogP contribution is -2.04. The Morgan fingerprint density at radius 2 is 1.00 bits per heavy atom. The summed E-state index contributed by atoms with van der Waals surface area (Å²) in [6, 6.07) is 19.1. The second kappa shape index (κ2) is 5.48. The van der Waals surface area contributed by atoms with Crippen LogP contribution in [0.5, 0.6) is 0 Å². The molecule has 0 aliphatic carbocycles. The first-order valence-corrected chi connectivity index (χ1v) is 5.71. The number of hydrogen-bond donors (Lipinski definition) is 0. The van der Waals surface area contributed by atoms with E-state index < -0.39 is 7.80 Å². The van der Waals surface area contributed by atoms with Crippen molar-refractivity contribution in [2.45, 2.75) is 0 Å². The molecule has 0 unspecified atom stereocenters. The summed E-state index contributed by atoms with van der Waals surface area (Å²) < 4.78 is 12.0. The molecule has 0 aliphatic rings. The summed E-state index contributed by atoms with van der Waals surface area (Å²) >= 11 is 0. The van der Waals surface area contributed by atoms with Gasteiger partial charge in [-0.3, -0.25) is 0 Å². The van der Waals surface area contributed by atoms with Crippen LogP contribution in [0.25, 0.3) is 0 Å². The largest absolute Gasteiger partial charge is 0.415 e. The SMILES string of the molecule is O=[P+](c1ccccc1)c1ccccc1.[B]. The van der Waals surface area contributed by atoms with Crippen molar-refractivity contribution in [1.29, 1.82) is 0 Å². The van der Waals surface area contributed by atoms with Gasteiger partial charge in [-0.25, -0.2) is 0 Å². The van der Waals surface area contributed by atoms with E-state index in [2.05, 4.69) is 0 Å². The van der Waals surface area contributed by atoms with E-state index in [-0.39, 0.29) is 8.41 Å². The van der Waals surface area contributed by atoms with Crippen molar-refractivity contribution in [2.75, 3.05) is 0 Å². The quantitative estimate of drug-likeness (QED) is 0.550. The number of benzene rings is 2. The van der Waals surface area contributed by atoms with Crippen LogP contribution in [0.3, 0.4) is 0 Å². The zero-order chi connectivity index (χ0) is 9.80. The van der Waals surface area contributed by atoms with Crippen LogP contribution >= 0.6 is 7.80 Å². The summed E-state index contributed by atoms with van der Waals surface area (Å²) in [6.07, 6.45) is 0. The lowest BCUT2D eigenvalue weighted by Gasteiger charge is -1.87. The second-order valence-electron chi connectivity index (χ2n) is 2.97. The molecule has 0 heterocycles. The van der Waals surface area contributed by atoms with Crippen molar-refractivity contribution in [3.05, 3.63) is 60.7 Å². The summed E-state index contributed by atoms with van der Waals surface area (Å²) in [7, 11) is -1.42. The van der Waals surface area contributed by atoms with Crippen molar-refractivity contribution in [3.63, 3.8) is 0 Å². The van der Waals surface area contributed by atoms with Gasteiger partial charge >= 0.3 is 7.80 Å². The molecule has 0 fully saturated rings. The molecule has 71 valence electrons. The Labute approximate surface area is 92.5 Å². The summed E-state index contributed by atoms with van der Waals surface area (Å²) in [5.41, 5.74) is 0. The first-order chi connectivity index (χ1) is 6.88. The zero-order valence-corrected chi connectivity index (χ0v) is 9.10. The van der Waals surface area contributed by atoms with Gasteiger partial charge in [-0.15, -0.1) is 0 Å². The maximum atomic E-state index is 12.0. The molecule has 1 nitrogen and oxygen atoms in total. The van der Waals surface area contributed by atoms with Gasteiger partial charge in [0.05, 0.1) is 0 Å². The molecule has 0 spiro atoms. The van der Waals surface area contributed by atoms with Crippen LogP contribution in [0.15, 0.2) is 60.7 Å². The van der Waals surface area contributed by atoms with E-state index in [9.17, 15) is 4.57 Å². The lowest BCUT2D eigenvalue weighted by molar-refractivity contribution is 0.598. The third kappa shape index (κ3) is 2.77. The van der Waals surface area contributed by atoms with Gasteiger partial charge in [-0.2, -0.15) is 0 Å². The summed E-state index contributed by atoms with van der Waals surface area (Å²) in [5.74, 6) is 0. The van der Waals surface area contributed by atoms with Crippen molar-refractivity contribution in [3.8, 4) is 0 Å². The van der Waals surface area contributed by atoms with E-state index in [1.807, 2.05) is 60.7 Å². The normalized spacial score (nSPS) is 9.07. The van der Waals surface area contributed by atoms with Crippen molar-refractivity contribution in [1.82, 2.24) is 0 Å². The van der Waals surface area contributed by atoms with Gasteiger partial charge in [0.25, 0.3) is 0 Å². The van der Waals surface area contributed by atoms with Crippen LogP contribution < -0.4 is 10.6 Å². The Morgan fingerprint density at radius 1 is 0.667 bits per heavy atom. The average molecular weight is 212 g/mol. The smallest absolute Gasteiger partial charge is 0.0619 e. The third-order valence-corrected chi connectivity index (χ3v) is 3.52. The Balaban J connectivity index is 0.00000112. The fraction of sp³-hybridized carbons (Fsp3) is 0. The van der Waals surface area contributed by atoms with Crippen LogP contribution in [0, 0.1) is 0 Å². The maximum Gasteiger partial charge on any atom is 0.415 e. The lowest BCUT2D eigenvalue weighted by atomic mass is 10.4. The molecule has 3 heteroatoms. The minimum Gasteiger partial charge on any atom is -0.0619 e. The maximum absolute atomic E-state index is 12.0. The fourth-order valence-electron chi connectivity index (χ4n) is 1.28. The summed E-state index contributed by atoms with van der Waals surface area (Å²) in [4.78, 5) is 0. The molecule has 2 aromatic carbocycles. The standard InChI is InChI=1S/C12H10OP.B/c13-14(11-7-3-1-4-8-11)12-9-5-2-6-10-12;/h1-10H;/q+1;. The molecule has 2 aromatic rings. The highest BCUT2D eigenvalue weighted by Crippen LogP contribution is 2.18. The van der Waals surface area contributed by atoms with Crippen LogP contribution in [-0.4, -0.2) is 8.41 Å². The predicted octanol–water partition coefficient (Wildman–Crippen LogP) is 2.08. The number of hydrogen-bond acceptors (Lipinski definition) is 1. The number of rotatable bonds is 2. The average Bonchev–Trinajstić information content (AvgIpc) is 2.30. The molecule has 0 aliphatic heterocycles. The van der Waals surface area contributed by atoms with Crippen LogP contribution in [-0.2, 0) is 4.57 Å². The van der Waals surface area contributed by atoms with Gasteiger partial charge in [-0.05, 0) is 24.3 Å². The topological polar surface area (TPSA) is 17.1 Å². The zero-order valence-electron chi connectivity index (χ0n) is 8.21. The molecule has 0 aromatic heterocycles. The summed E-state index contributed by atoms with van der Waals surface area (Å²) in [6.45, 7) is 0. The first-order valence-electron chi connectivity index (χ1n) is 4.45.